The second kappa shape index (κ2) is 13.0. The molecule has 63 heavy (non-hydrogen) atoms. The molecule has 294 valence electrons. The predicted molar refractivity (Wildman–Crippen MR) is 257 cm³/mol. The normalized spacial score (nSPS) is 14.7. The van der Waals surface area contributed by atoms with E-state index in [-0.39, 0.29) is 0 Å². The highest BCUT2D eigenvalue weighted by atomic mass is 32.2. The Bertz CT molecular complexity index is 3280. The quantitative estimate of drug-likeness (QED) is 0.176. The molecule has 0 atom stereocenters. The molecule has 2 aliphatic heterocycles. The molecule has 0 saturated heterocycles. The van der Waals surface area contributed by atoms with Crippen molar-refractivity contribution >= 4 is 39.6 Å². The van der Waals surface area contributed by atoms with E-state index in [0.717, 1.165) is 28.6 Å². The van der Waals surface area contributed by atoms with E-state index in [4.69, 9.17) is 4.74 Å². The van der Waals surface area contributed by atoms with Gasteiger partial charge in [0.05, 0.1) is 10.8 Å². The van der Waals surface area contributed by atoms with E-state index in [1.165, 1.54) is 87.3 Å². The molecule has 0 saturated carbocycles. The van der Waals surface area contributed by atoms with Crippen molar-refractivity contribution in [2.45, 2.75) is 20.6 Å². The maximum Gasteiger partial charge on any atom is 0.132 e. The maximum absolute atomic E-state index is 6.64. The Labute approximate surface area is 370 Å². The van der Waals surface area contributed by atoms with Crippen LogP contribution in [0.5, 0.6) is 11.5 Å². The zero-order valence-corrected chi connectivity index (χ0v) is 34.9. The number of para-hydroxylation sites is 2. The fraction of sp³-hybridized carbons (Fsp3) is 0.0333. The summed E-state index contributed by atoms with van der Waals surface area (Å²) in [7, 11) is 0. The van der Waals surface area contributed by atoms with Crippen LogP contribution in [0.15, 0.2) is 234 Å². The van der Waals surface area contributed by atoms with Gasteiger partial charge in [0, 0.05) is 38.0 Å². The van der Waals surface area contributed by atoms with Gasteiger partial charge >= 0.3 is 0 Å². The summed E-state index contributed by atoms with van der Waals surface area (Å²) in [5.41, 5.74) is 17.7. The van der Waals surface area contributed by atoms with Crippen molar-refractivity contribution < 1.29 is 4.74 Å². The number of fused-ring (bicyclic) bond motifs is 19. The van der Waals surface area contributed by atoms with Crippen molar-refractivity contribution in [1.29, 1.82) is 0 Å². The topological polar surface area (TPSA) is 12.5 Å². The SMILES string of the molecule is c1ccc2c(c1)Oc1ccccc1C21c2ccccc2-c2cc(N(c3ccc4c(c3)-c3ccccc3C43c4ccccc4Sc4ccccc43)c3ccc4ccccc4c3)ccc21. The Balaban J connectivity index is 1.02. The highest BCUT2D eigenvalue weighted by Gasteiger charge is 2.52. The minimum absolute atomic E-state index is 0.432. The number of benzene rings is 10. The van der Waals surface area contributed by atoms with Crippen LogP contribution in [0, 0.1) is 0 Å². The number of hydrogen-bond donors (Lipinski definition) is 0. The van der Waals surface area contributed by atoms with Crippen LogP contribution in [-0.4, -0.2) is 0 Å². The maximum atomic E-state index is 6.64. The van der Waals surface area contributed by atoms with Crippen molar-refractivity contribution in [2.75, 3.05) is 4.90 Å². The summed E-state index contributed by atoms with van der Waals surface area (Å²) in [6.45, 7) is 0. The molecule has 10 aromatic rings. The predicted octanol–water partition coefficient (Wildman–Crippen LogP) is 15.6. The van der Waals surface area contributed by atoms with Crippen LogP contribution >= 0.6 is 11.8 Å². The molecule has 14 rings (SSSR count). The van der Waals surface area contributed by atoms with Gasteiger partial charge in [-0.25, -0.2) is 0 Å². The van der Waals surface area contributed by atoms with E-state index < -0.39 is 10.8 Å². The average Bonchev–Trinajstić information content (AvgIpc) is 3.79. The van der Waals surface area contributed by atoms with Crippen LogP contribution in [0.2, 0.25) is 0 Å². The van der Waals surface area contributed by atoms with Gasteiger partial charge in [-0.15, -0.1) is 0 Å². The Kier molecular flexibility index (Phi) is 7.21. The van der Waals surface area contributed by atoms with Crippen LogP contribution in [0.25, 0.3) is 33.0 Å². The van der Waals surface area contributed by atoms with E-state index in [9.17, 15) is 0 Å². The largest absolute Gasteiger partial charge is 0.457 e. The summed E-state index contributed by atoms with van der Waals surface area (Å²) in [6, 6.07) is 83.3. The van der Waals surface area contributed by atoms with E-state index >= 15 is 0 Å². The number of hydrogen-bond acceptors (Lipinski definition) is 3. The summed E-state index contributed by atoms with van der Waals surface area (Å²) in [4.78, 5) is 5.09. The summed E-state index contributed by atoms with van der Waals surface area (Å²) >= 11 is 1.89. The average molecular weight is 820 g/mol. The van der Waals surface area contributed by atoms with Gasteiger partial charge in [-0.2, -0.15) is 0 Å². The molecule has 2 spiro atoms. The molecule has 3 heteroatoms. The molecule has 2 heterocycles. The lowest BCUT2D eigenvalue weighted by molar-refractivity contribution is 0.436. The fourth-order valence-corrected chi connectivity index (χ4v) is 12.9. The van der Waals surface area contributed by atoms with Gasteiger partial charge in [0.15, 0.2) is 0 Å². The third kappa shape index (κ3) is 4.59. The van der Waals surface area contributed by atoms with Gasteiger partial charge in [-0.3, -0.25) is 0 Å². The van der Waals surface area contributed by atoms with Gasteiger partial charge in [-0.1, -0.05) is 176 Å². The molecular formula is C60H37NOS. The van der Waals surface area contributed by atoms with Crippen LogP contribution < -0.4 is 9.64 Å². The van der Waals surface area contributed by atoms with E-state index in [0.29, 0.717) is 0 Å². The summed E-state index contributed by atoms with van der Waals surface area (Å²) < 4.78 is 6.64. The highest BCUT2D eigenvalue weighted by Crippen LogP contribution is 2.64. The van der Waals surface area contributed by atoms with Gasteiger partial charge in [-0.05, 0) is 127 Å². The van der Waals surface area contributed by atoms with Crippen molar-refractivity contribution in [3.8, 4) is 33.8 Å². The minimum Gasteiger partial charge on any atom is -0.457 e. The zero-order valence-electron chi connectivity index (χ0n) is 34.1. The van der Waals surface area contributed by atoms with Crippen molar-refractivity contribution in [3.05, 3.63) is 269 Å². The van der Waals surface area contributed by atoms with Crippen LogP contribution in [-0.2, 0) is 10.8 Å². The first-order chi connectivity index (χ1) is 31.2. The first kappa shape index (κ1) is 35.1. The standard InChI is InChI=1S/C60H37NOS/c1-2-16-39-35-40(30-29-38(39)15-1)61(41-31-33-49-45(36-41)43-17-3-5-19-47(43)59(49)51-21-7-11-25-55(51)62-56-26-12-8-22-52(56)59)42-32-34-50-46(37-42)44-18-4-6-20-48(44)60(50)53-23-9-13-27-57(53)63-58-28-14-10-24-54(58)60/h1-37H. The van der Waals surface area contributed by atoms with Crippen LogP contribution in [0.1, 0.15) is 44.5 Å². The number of nitrogens with zero attached hydrogens (tertiary/aromatic N) is 1. The molecule has 0 bridgehead atoms. The molecule has 0 aromatic heterocycles. The van der Waals surface area contributed by atoms with Crippen LogP contribution in [0.3, 0.4) is 0 Å². The first-order valence-corrected chi connectivity index (χ1v) is 22.6. The van der Waals surface area contributed by atoms with Gasteiger partial charge in [0.1, 0.15) is 11.5 Å². The summed E-state index contributed by atoms with van der Waals surface area (Å²) in [6.07, 6.45) is 0. The third-order valence-corrected chi connectivity index (χ3v) is 15.3. The lowest BCUT2D eigenvalue weighted by Gasteiger charge is -2.39. The van der Waals surface area contributed by atoms with E-state index in [1.807, 2.05) is 11.8 Å². The lowest BCUT2D eigenvalue weighted by Crippen LogP contribution is -2.32. The Morgan fingerprint density at radius 1 is 0.302 bits per heavy atom. The number of anilines is 3. The molecule has 0 fully saturated rings. The van der Waals surface area contributed by atoms with Crippen molar-refractivity contribution in [1.82, 2.24) is 0 Å². The van der Waals surface area contributed by atoms with Gasteiger partial charge in [0.25, 0.3) is 0 Å². The lowest BCUT2D eigenvalue weighted by atomic mass is 9.66. The van der Waals surface area contributed by atoms with E-state index in [1.54, 1.807) is 0 Å². The van der Waals surface area contributed by atoms with E-state index in [2.05, 4.69) is 229 Å². The summed E-state index contributed by atoms with van der Waals surface area (Å²) in [5.74, 6) is 1.80. The monoisotopic (exact) mass is 819 g/mol. The van der Waals surface area contributed by atoms with Gasteiger partial charge < -0.3 is 9.64 Å². The third-order valence-electron chi connectivity index (χ3n) is 14.2. The number of ether oxygens (including phenoxy) is 1. The molecule has 0 amide bonds. The first-order valence-electron chi connectivity index (χ1n) is 21.7. The van der Waals surface area contributed by atoms with Gasteiger partial charge in [0.2, 0.25) is 0 Å². The van der Waals surface area contributed by atoms with Crippen molar-refractivity contribution in [2.24, 2.45) is 0 Å². The van der Waals surface area contributed by atoms with Crippen LogP contribution in [0.4, 0.5) is 17.1 Å². The molecular weight excluding hydrogens is 783 g/mol. The number of rotatable bonds is 3. The minimum atomic E-state index is -0.528. The zero-order chi connectivity index (χ0) is 41.3. The Hall–Kier alpha value is -7.59. The fourth-order valence-electron chi connectivity index (χ4n) is 11.7. The van der Waals surface area contributed by atoms with Crippen molar-refractivity contribution in [3.63, 3.8) is 0 Å². The molecule has 2 nitrogen and oxygen atoms in total. The molecule has 10 aromatic carbocycles. The smallest absolute Gasteiger partial charge is 0.132 e. The summed E-state index contributed by atoms with van der Waals surface area (Å²) in [5, 5.41) is 2.43. The second-order valence-electron chi connectivity index (χ2n) is 17.1. The second-order valence-corrected chi connectivity index (χ2v) is 18.2. The molecule has 2 aliphatic carbocycles. The Morgan fingerprint density at radius 2 is 0.698 bits per heavy atom. The highest BCUT2D eigenvalue weighted by molar-refractivity contribution is 7.99. The molecule has 0 radical (unpaired) electrons. The Morgan fingerprint density at radius 3 is 1.27 bits per heavy atom. The molecule has 0 unspecified atom stereocenters. The molecule has 0 N–H and O–H groups in total. The molecule has 4 aliphatic rings.